The van der Waals surface area contributed by atoms with Gasteiger partial charge in [-0.25, -0.2) is 4.79 Å². The van der Waals surface area contributed by atoms with Crippen LogP contribution in [0.4, 0.5) is 5.69 Å². The summed E-state index contributed by atoms with van der Waals surface area (Å²) < 4.78 is 2.50. The Kier molecular flexibility index (Phi) is 4.75. The fourth-order valence-corrected chi connectivity index (χ4v) is 2.42. The van der Waals surface area contributed by atoms with Crippen LogP contribution >= 0.6 is 23.2 Å². The Bertz CT molecular complexity index is 781. The smallest absolute Gasteiger partial charge is 0.331 e. The van der Waals surface area contributed by atoms with Gasteiger partial charge in [0.15, 0.2) is 0 Å². The standard InChI is InChI=1S/C14H15Cl2N3O2/c1-2-5-18-8-12(17)13(20)19(14(18)21)7-9-6-10(15)3-4-11(9)16/h3-4,6,8H,2,5,7,17H2,1H3. The maximum absolute atomic E-state index is 12.3. The van der Waals surface area contributed by atoms with Gasteiger partial charge in [0.25, 0.3) is 5.56 Å². The first-order chi connectivity index (χ1) is 9.93. The summed E-state index contributed by atoms with van der Waals surface area (Å²) in [5.74, 6) is 0. The summed E-state index contributed by atoms with van der Waals surface area (Å²) in [7, 11) is 0. The SMILES string of the molecule is CCCn1cc(N)c(=O)n(Cc2cc(Cl)ccc2Cl)c1=O. The van der Waals surface area contributed by atoms with Crippen molar-refractivity contribution < 1.29 is 0 Å². The van der Waals surface area contributed by atoms with E-state index in [9.17, 15) is 9.59 Å². The van der Waals surface area contributed by atoms with Gasteiger partial charge >= 0.3 is 5.69 Å². The molecule has 0 radical (unpaired) electrons. The Hall–Kier alpha value is -1.72. The van der Waals surface area contributed by atoms with Crippen LogP contribution in [0.3, 0.4) is 0 Å². The van der Waals surface area contributed by atoms with Gasteiger partial charge in [0, 0.05) is 22.8 Å². The van der Waals surface area contributed by atoms with Crippen molar-refractivity contribution in [3.63, 3.8) is 0 Å². The van der Waals surface area contributed by atoms with E-state index in [1.807, 2.05) is 6.92 Å². The summed E-state index contributed by atoms with van der Waals surface area (Å²) in [4.78, 5) is 24.4. The molecule has 21 heavy (non-hydrogen) atoms. The van der Waals surface area contributed by atoms with Gasteiger partial charge in [0.2, 0.25) is 0 Å². The number of benzene rings is 1. The normalized spacial score (nSPS) is 10.8. The molecule has 1 aromatic heterocycles. The molecule has 1 aromatic carbocycles. The lowest BCUT2D eigenvalue weighted by molar-refractivity contribution is 0.573. The number of aryl methyl sites for hydroxylation is 1. The number of anilines is 1. The van der Waals surface area contributed by atoms with E-state index in [1.165, 1.54) is 10.8 Å². The Balaban J connectivity index is 2.56. The molecule has 0 unspecified atom stereocenters. The van der Waals surface area contributed by atoms with Gasteiger partial charge in [0.05, 0.1) is 6.54 Å². The molecule has 0 saturated heterocycles. The number of hydrogen-bond acceptors (Lipinski definition) is 3. The monoisotopic (exact) mass is 327 g/mol. The Labute approximate surface area is 131 Å². The molecule has 1 heterocycles. The minimum atomic E-state index is -0.525. The van der Waals surface area contributed by atoms with Crippen molar-refractivity contribution in [3.05, 3.63) is 60.8 Å². The van der Waals surface area contributed by atoms with Gasteiger partial charge < -0.3 is 5.73 Å². The number of nitrogens with two attached hydrogens (primary N) is 1. The average molecular weight is 328 g/mol. The third kappa shape index (κ3) is 3.31. The molecule has 5 nitrogen and oxygen atoms in total. The second-order valence-electron chi connectivity index (χ2n) is 4.69. The quantitative estimate of drug-likeness (QED) is 0.937. The van der Waals surface area contributed by atoms with Crippen molar-refractivity contribution in [2.45, 2.75) is 26.4 Å². The molecule has 112 valence electrons. The maximum atomic E-state index is 12.3. The fourth-order valence-electron chi connectivity index (χ4n) is 2.05. The zero-order valence-corrected chi connectivity index (χ0v) is 13.0. The van der Waals surface area contributed by atoms with E-state index in [-0.39, 0.29) is 12.2 Å². The van der Waals surface area contributed by atoms with E-state index in [1.54, 1.807) is 18.2 Å². The van der Waals surface area contributed by atoms with E-state index >= 15 is 0 Å². The largest absolute Gasteiger partial charge is 0.393 e. The van der Waals surface area contributed by atoms with Crippen LogP contribution in [-0.4, -0.2) is 9.13 Å². The van der Waals surface area contributed by atoms with Crippen LogP contribution in [-0.2, 0) is 13.1 Å². The summed E-state index contributed by atoms with van der Waals surface area (Å²) in [6.45, 7) is 2.46. The molecule has 0 aliphatic heterocycles. The van der Waals surface area contributed by atoms with Crippen molar-refractivity contribution in [2.24, 2.45) is 0 Å². The Morgan fingerprint density at radius 2 is 1.95 bits per heavy atom. The number of nitrogen functional groups attached to an aromatic ring is 1. The summed E-state index contributed by atoms with van der Waals surface area (Å²) in [5.41, 5.74) is 5.38. The molecule has 0 atom stereocenters. The molecule has 7 heteroatoms. The Morgan fingerprint density at radius 1 is 1.24 bits per heavy atom. The van der Waals surface area contributed by atoms with Crippen molar-refractivity contribution in [2.75, 3.05) is 5.73 Å². The van der Waals surface area contributed by atoms with Crippen molar-refractivity contribution in [1.29, 1.82) is 0 Å². The van der Waals surface area contributed by atoms with E-state index < -0.39 is 11.2 Å². The number of rotatable bonds is 4. The van der Waals surface area contributed by atoms with Crippen LogP contribution in [0.5, 0.6) is 0 Å². The van der Waals surface area contributed by atoms with Crippen LogP contribution in [0.2, 0.25) is 10.0 Å². The molecule has 0 aliphatic rings. The highest BCUT2D eigenvalue weighted by molar-refractivity contribution is 6.33. The minimum absolute atomic E-state index is 0.0289. The van der Waals surface area contributed by atoms with Crippen molar-refractivity contribution in [1.82, 2.24) is 9.13 Å². The zero-order chi connectivity index (χ0) is 15.6. The highest BCUT2D eigenvalue weighted by Gasteiger charge is 2.11. The molecular formula is C14H15Cl2N3O2. The van der Waals surface area contributed by atoms with Gasteiger partial charge in [-0.15, -0.1) is 0 Å². The lowest BCUT2D eigenvalue weighted by Gasteiger charge is -2.12. The van der Waals surface area contributed by atoms with Crippen molar-refractivity contribution in [3.8, 4) is 0 Å². The summed E-state index contributed by atoms with van der Waals surface area (Å²) in [5, 5.41) is 0.926. The molecule has 0 fully saturated rings. The van der Waals surface area contributed by atoms with E-state index in [0.717, 1.165) is 11.0 Å². The van der Waals surface area contributed by atoms with E-state index in [4.69, 9.17) is 28.9 Å². The maximum Gasteiger partial charge on any atom is 0.331 e. The second-order valence-corrected chi connectivity index (χ2v) is 5.53. The highest BCUT2D eigenvalue weighted by atomic mass is 35.5. The zero-order valence-electron chi connectivity index (χ0n) is 11.5. The number of aromatic nitrogens is 2. The number of halogens is 2. The average Bonchev–Trinajstić information content (AvgIpc) is 2.44. The van der Waals surface area contributed by atoms with E-state index in [2.05, 4.69) is 0 Å². The number of hydrogen-bond donors (Lipinski definition) is 1. The predicted molar refractivity (Wildman–Crippen MR) is 85.2 cm³/mol. The Morgan fingerprint density at radius 3 is 2.62 bits per heavy atom. The highest BCUT2D eigenvalue weighted by Crippen LogP contribution is 2.20. The van der Waals surface area contributed by atoms with Gasteiger partial charge in [-0.1, -0.05) is 30.1 Å². The first-order valence-corrected chi connectivity index (χ1v) is 7.23. The molecule has 0 bridgehead atoms. The lowest BCUT2D eigenvalue weighted by atomic mass is 10.2. The molecular weight excluding hydrogens is 313 g/mol. The molecule has 0 aliphatic carbocycles. The van der Waals surface area contributed by atoms with Crippen LogP contribution in [0.1, 0.15) is 18.9 Å². The lowest BCUT2D eigenvalue weighted by Crippen LogP contribution is -2.41. The van der Waals surface area contributed by atoms with Crippen LogP contribution in [0.25, 0.3) is 0 Å². The summed E-state index contributed by atoms with van der Waals surface area (Å²) >= 11 is 12.0. The third-order valence-electron chi connectivity index (χ3n) is 3.06. The van der Waals surface area contributed by atoms with Crippen LogP contribution in [0.15, 0.2) is 34.0 Å². The first-order valence-electron chi connectivity index (χ1n) is 6.47. The third-order valence-corrected chi connectivity index (χ3v) is 3.67. The van der Waals surface area contributed by atoms with E-state index in [0.29, 0.717) is 22.2 Å². The molecule has 0 spiro atoms. The van der Waals surface area contributed by atoms with Gasteiger partial charge in [0.1, 0.15) is 5.69 Å². The van der Waals surface area contributed by atoms with Crippen molar-refractivity contribution >= 4 is 28.9 Å². The fraction of sp³-hybridized carbons (Fsp3) is 0.286. The topological polar surface area (TPSA) is 70.0 Å². The first kappa shape index (κ1) is 15.7. The van der Waals surface area contributed by atoms with Gasteiger partial charge in [-0.3, -0.25) is 13.9 Å². The molecule has 2 rings (SSSR count). The van der Waals surface area contributed by atoms with Gasteiger partial charge in [-0.05, 0) is 30.2 Å². The predicted octanol–water partition coefficient (Wildman–Crippen LogP) is 2.36. The van der Waals surface area contributed by atoms with Gasteiger partial charge in [-0.2, -0.15) is 0 Å². The second kappa shape index (κ2) is 6.37. The molecule has 2 aromatic rings. The summed E-state index contributed by atoms with van der Waals surface area (Å²) in [6, 6.07) is 4.90. The van der Waals surface area contributed by atoms with Crippen LogP contribution < -0.4 is 17.0 Å². The number of nitrogens with zero attached hydrogens (tertiary/aromatic N) is 2. The summed E-state index contributed by atoms with van der Waals surface area (Å²) in [6.07, 6.45) is 2.14. The molecule has 0 saturated carbocycles. The minimum Gasteiger partial charge on any atom is -0.393 e. The molecule has 0 amide bonds. The molecule has 2 N–H and O–H groups in total. The van der Waals surface area contributed by atoms with Crippen LogP contribution in [0, 0.1) is 0 Å².